The molecule has 2 N–H and O–H groups in total. The van der Waals surface area contributed by atoms with Gasteiger partial charge >= 0.3 is 7.60 Å². The van der Waals surface area contributed by atoms with Crippen LogP contribution in [0.3, 0.4) is 0 Å². The Kier molecular flexibility index (Phi) is 5.65. The number of quaternary nitrogens is 1. The molecule has 1 heterocycles. The second-order valence-electron chi connectivity index (χ2n) is 5.14. The van der Waals surface area contributed by atoms with Crippen molar-refractivity contribution in [1.29, 1.82) is 0 Å². The normalized spacial score (nSPS) is 33.3. The maximum atomic E-state index is 12.9. The first kappa shape index (κ1) is 15.2. The van der Waals surface area contributed by atoms with Crippen molar-refractivity contribution >= 4 is 7.60 Å². The molecule has 0 aromatic heterocycles. The van der Waals surface area contributed by atoms with E-state index in [2.05, 4.69) is 19.2 Å². The van der Waals surface area contributed by atoms with Gasteiger partial charge in [0.25, 0.3) is 0 Å². The molecule has 0 aromatic carbocycles. The lowest BCUT2D eigenvalue weighted by Crippen LogP contribution is -2.95. The Balaban J connectivity index is 2.83. The molecule has 0 unspecified atom stereocenters. The van der Waals surface area contributed by atoms with Gasteiger partial charge < -0.3 is 14.4 Å². The van der Waals surface area contributed by atoms with Gasteiger partial charge in [-0.05, 0) is 26.2 Å². The minimum Gasteiger partial charge on any atom is -0.332 e. The van der Waals surface area contributed by atoms with Gasteiger partial charge in [-0.2, -0.15) is 0 Å². The van der Waals surface area contributed by atoms with Gasteiger partial charge in [0.15, 0.2) is 5.28 Å². The lowest BCUT2D eigenvalue weighted by Gasteiger charge is -2.38. The van der Waals surface area contributed by atoms with E-state index in [0.29, 0.717) is 6.61 Å². The molecule has 1 saturated heterocycles. The van der Waals surface area contributed by atoms with E-state index in [0.717, 1.165) is 32.2 Å². The summed E-state index contributed by atoms with van der Waals surface area (Å²) in [5.41, 5.74) is 0. The highest BCUT2D eigenvalue weighted by atomic mass is 31.2. The maximum Gasteiger partial charge on any atom is 0.390 e. The number of hydrogen-bond acceptors (Lipinski definition) is 3. The molecule has 0 saturated carbocycles. The van der Waals surface area contributed by atoms with Gasteiger partial charge in [0.1, 0.15) is 0 Å². The molecule has 0 aromatic rings. The zero-order valence-corrected chi connectivity index (χ0v) is 12.5. The molecule has 1 aliphatic heterocycles. The molecule has 1 aliphatic rings. The lowest BCUT2D eigenvalue weighted by atomic mass is 10.2. The minimum absolute atomic E-state index is 0.0424. The van der Waals surface area contributed by atoms with Crippen molar-refractivity contribution in [1.82, 2.24) is 0 Å². The summed E-state index contributed by atoms with van der Waals surface area (Å²) in [4.78, 5) is 0. The average molecular weight is 264 g/mol. The van der Waals surface area contributed by atoms with Gasteiger partial charge in [0.05, 0.1) is 19.3 Å². The quantitative estimate of drug-likeness (QED) is 0.750. The van der Waals surface area contributed by atoms with E-state index in [1.54, 1.807) is 0 Å². The fourth-order valence-corrected chi connectivity index (χ4v) is 4.61. The summed E-state index contributed by atoms with van der Waals surface area (Å²) in [5, 5.41) is 1.72. The number of hydrogen-bond donors (Lipinski definition) is 1. The molecule has 1 fully saturated rings. The van der Waals surface area contributed by atoms with Crippen LogP contribution in [0.15, 0.2) is 0 Å². The van der Waals surface area contributed by atoms with Gasteiger partial charge in [-0.1, -0.05) is 13.8 Å². The van der Waals surface area contributed by atoms with Crippen molar-refractivity contribution in [3.8, 4) is 0 Å². The fraction of sp³-hybridized carbons (Fsp3) is 1.00. The van der Waals surface area contributed by atoms with Crippen LogP contribution in [-0.2, 0) is 13.6 Å². The molecule has 0 aliphatic carbocycles. The maximum absolute atomic E-state index is 12.9. The van der Waals surface area contributed by atoms with E-state index < -0.39 is 12.9 Å². The smallest absolute Gasteiger partial charge is 0.332 e. The van der Waals surface area contributed by atoms with Crippen molar-refractivity contribution < 1.29 is 18.9 Å². The van der Waals surface area contributed by atoms with E-state index in [4.69, 9.17) is 9.05 Å². The SMILES string of the molecule is CCC[NH2+][C@@](C)(CCC)[P@]1(=O)OCC[C@H](C)O1. The Labute approximate surface area is 105 Å². The topological polar surface area (TPSA) is 52.1 Å². The fourth-order valence-electron chi connectivity index (χ4n) is 2.24. The third-order valence-corrected chi connectivity index (χ3v) is 6.18. The van der Waals surface area contributed by atoms with Crippen molar-refractivity contribution in [2.24, 2.45) is 0 Å². The molecule has 0 bridgehead atoms. The van der Waals surface area contributed by atoms with Crippen LogP contribution in [0.1, 0.15) is 53.4 Å². The first-order valence-corrected chi connectivity index (χ1v) is 8.29. The van der Waals surface area contributed by atoms with Crippen molar-refractivity contribution in [3.63, 3.8) is 0 Å². The van der Waals surface area contributed by atoms with Crippen LogP contribution in [0.2, 0.25) is 0 Å². The van der Waals surface area contributed by atoms with Crippen LogP contribution in [0.25, 0.3) is 0 Å². The van der Waals surface area contributed by atoms with Gasteiger partial charge in [-0.3, -0.25) is 4.57 Å². The van der Waals surface area contributed by atoms with E-state index in [1.165, 1.54) is 0 Å². The Morgan fingerprint density at radius 2 is 2.12 bits per heavy atom. The number of rotatable bonds is 6. The van der Waals surface area contributed by atoms with Crippen LogP contribution in [-0.4, -0.2) is 24.5 Å². The highest BCUT2D eigenvalue weighted by molar-refractivity contribution is 7.55. The van der Waals surface area contributed by atoms with E-state index in [-0.39, 0.29) is 6.10 Å². The first-order chi connectivity index (χ1) is 7.97. The zero-order chi connectivity index (χ0) is 12.9. The first-order valence-electron chi connectivity index (χ1n) is 6.75. The molecule has 0 amide bonds. The summed E-state index contributed by atoms with van der Waals surface area (Å²) in [6, 6.07) is 0. The highest BCUT2D eigenvalue weighted by Gasteiger charge is 2.52. The molecule has 17 heavy (non-hydrogen) atoms. The van der Waals surface area contributed by atoms with E-state index in [9.17, 15) is 4.57 Å². The number of nitrogens with two attached hydrogens (primary N) is 1. The van der Waals surface area contributed by atoms with Crippen molar-refractivity contribution in [3.05, 3.63) is 0 Å². The lowest BCUT2D eigenvalue weighted by molar-refractivity contribution is -0.705. The molecule has 102 valence electrons. The Morgan fingerprint density at radius 1 is 1.41 bits per heavy atom. The highest BCUT2D eigenvalue weighted by Crippen LogP contribution is 2.61. The molecule has 3 atom stereocenters. The summed E-state index contributed by atoms with van der Waals surface area (Å²) in [5.74, 6) is 0. The molecule has 5 heteroatoms. The van der Waals surface area contributed by atoms with E-state index >= 15 is 0 Å². The van der Waals surface area contributed by atoms with Crippen LogP contribution in [0, 0.1) is 0 Å². The van der Waals surface area contributed by atoms with Crippen molar-refractivity contribution in [2.45, 2.75) is 64.8 Å². The predicted octanol–water partition coefficient (Wildman–Crippen LogP) is 2.49. The Bertz CT molecular complexity index is 285. The molecule has 4 nitrogen and oxygen atoms in total. The monoisotopic (exact) mass is 264 g/mol. The summed E-state index contributed by atoms with van der Waals surface area (Å²) >= 11 is 0. The third-order valence-electron chi connectivity index (χ3n) is 3.36. The molecular weight excluding hydrogens is 237 g/mol. The predicted molar refractivity (Wildman–Crippen MR) is 69.1 cm³/mol. The molecule has 1 rings (SSSR count). The average Bonchev–Trinajstić information content (AvgIpc) is 2.26. The standard InChI is InChI=1S/C12H26NO3P/c1-5-8-12(4,13-9-6-2)17(14)15-10-7-11(3)16-17/h11,13H,5-10H2,1-4H3/p+1/t11-,12+,17-/m0/s1. The largest absolute Gasteiger partial charge is 0.390 e. The van der Waals surface area contributed by atoms with Crippen LogP contribution in [0.5, 0.6) is 0 Å². The zero-order valence-electron chi connectivity index (χ0n) is 11.6. The van der Waals surface area contributed by atoms with Gasteiger partial charge in [0, 0.05) is 13.3 Å². The minimum atomic E-state index is -2.99. The second-order valence-corrected chi connectivity index (χ2v) is 7.62. The summed E-state index contributed by atoms with van der Waals surface area (Å²) in [7, 11) is -2.99. The van der Waals surface area contributed by atoms with E-state index in [1.807, 2.05) is 13.8 Å². The third kappa shape index (κ3) is 3.54. The van der Waals surface area contributed by atoms with Gasteiger partial charge in [0.2, 0.25) is 0 Å². The van der Waals surface area contributed by atoms with Gasteiger partial charge in [-0.15, -0.1) is 0 Å². The molecule has 0 radical (unpaired) electrons. The molecular formula is C12H27NO3P+. The molecule has 0 spiro atoms. The van der Waals surface area contributed by atoms with Crippen molar-refractivity contribution in [2.75, 3.05) is 13.2 Å². The Morgan fingerprint density at radius 3 is 2.65 bits per heavy atom. The Hall–Kier alpha value is 0.110. The van der Waals surface area contributed by atoms with Crippen LogP contribution < -0.4 is 5.32 Å². The van der Waals surface area contributed by atoms with Crippen LogP contribution >= 0.6 is 7.60 Å². The second kappa shape index (κ2) is 6.33. The summed E-state index contributed by atoms with van der Waals surface area (Å²) in [6.07, 6.45) is 3.79. The van der Waals surface area contributed by atoms with Gasteiger partial charge in [-0.25, -0.2) is 0 Å². The summed E-state index contributed by atoms with van der Waals surface area (Å²) < 4.78 is 24.1. The summed E-state index contributed by atoms with van der Waals surface area (Å²) in [6.45, 7) is 9.74. The van der Waals surface area contributed by atoms with Crippen LogP contribution in [0.4, 0.5) is 0 Å².